The summed E-state index contributed by atoms with van der Waals surface area (Å²) in [6, 6.07) is 0. The van der Waals surface area contributed by atoms with Gasteiger partial charge in [0.25, 0.3) is 0 Å². The molecule has 0 fully saturated rings. The number of phosphoric acid groups is 2. The Morgan fingerprint density at radius 3 is 0.792 bits per heavy atom. The highest BCUT2D eigenvalue weighted by molar-refractivity contribution is 7.47. The minimum Gasteiger partial charge on any atom is -0.462 e. The van der Waals surface area contributed by atoms with Crippen molar-refractivity contribution in [2.75, 3.05) is 39.6 Å². The summed E-state index contributed by atoms with van der Waals surface area (Å²) in [5.74, 6) is -2.14. The summed E-state index contributed by atoms with van der Waals surface area (Å²) < 4.78 is 68.6. The fourth-order valence-corrected chi connectivity index (χ4v) is 13.0. The topological polar surface area (TPSA) is 237 Å². The zero-order chi connectivity index (χ0) is 70.4. The Morgan fingerprint density at radius 1 is 0.292 bits per heavy atom. The average Bonchev–Trinajstić information content (AvgIpc) is 1.36. The third-order valence-electron chi connectivity index (χ3n) is 17.4. The van der Waals surface area contributed by atoms with Crippen molar-refractivity contribution >= 4 is 39.5 Å². The summed E-state index contributed by atoms with van der Waals surface area (Å²) in [5, 5.41) is 10.6. The quantitative estimate of drug-likeness (QED) is 0.0169. The van der Waals surface area contributed by atoms with Gasteiger partial charge in [0.15, 0.2) is 12.2 Å². The number of carbonyl (C=O) groups is 4. The minimum absolute atomic E-state index is 0.102. The van der Waals surface area contributed by atoms with Crippen molar-refractivity contribution in [3.8, 4) is 0 Å². The molecule has 0 aliphatic carbocycles. The molecule has 0 heterocycles. The number of unbranched alkanes of at least 4 members (excludes halogenated alkanes) is 46. The van der Waals surface area contributed by atoms with Crippen LogP contribution in [0.25, 0.3) is 0 Å². The highest BCUT2D eigenvalue weighted by Gasteiger charge is 2.30. The normalized spacial score (nSPS) is 14.0. The maximum Gasteiger partial charge on any atom is 0.472 e. The number of ether oxygens (including phenoxy) is 4. The monoisotopic (exact) mass is 1410 g/mol. The van der Waals surface area contributed by atoms with Gasteiger partial charge in [0, 0.05) is 25.7 Å². The third kappa shape index (κ3) is 70.0. The molecule has 5 unspecified atom stereocenters. The Hall–Kier alpha value is -2.46. The van der Waals surface area contributed by atoms with Crippen LogP contribution < -0.4 is 0 Å². The van der Waals surface area contributed by atoms with Crippen LogP contribution in [0.15, 0.2) is 24.3 Å². The molecule has 0 aromatic heterocycles. The number of hydrogen-bond donors (Lipinski definition) is 3. The fraction of sp³-hybridized carbons (Fsp3) is 0.896. The van der Waals surface area contributed by atoms with Crippen molar-refractivity contribution in [1.82, 2.24) is 0 Å². The predicted octanol–water partition coefficient (Wildman–Crippen LogP) is 22.6. The lowest BCUT2D eigenvalue weighted by molar-refractivity contribution is -0.161. The summed E-state index contributed by atoms with van der Waals surface area (Å²) in [4.78, 5) is 72.9. The Kier molecular flexibility index (Phi) is 69.1. The largest absolute Gasteiger partial charge is 0.472 e. The molecule has 0 rings (SSSR count). The summed E-state index contributed by atoms with van der Waals surface area (Å²) in [6.07, 6.45) is 64.4. The molecular weight excluding hydrogens is 1260 g/mol. The second-order valence-corrected chi connectivity index (χ2v) is 29.9. The highest BCUT2D eigenvalue weighted by atomic mass is 31.2. The zero-order valence-corrected chi connectivity index (χ0v) is 63.6. The first-order valence-corrected chi connectivity index (χ1v) is 42.6. The zero-order valence-electron chi connectivity index (χ0n) is 61.8. The first-order valence-electron chi connectivity index (χ1n) is 39.6. The number of rotatable bonds is 76. The molecule has 566 valence electrons. The maximum absolute atomic E-state index is 13.1. The SMILES string of the molecule is CCCCC/C=C\C/C=C\CCCCCCCC(=O)OCC(COP(=O)(O)OCC(O)COP(=O)(O)OCC(COC(=O)CCCCCCCCCCCCCCC)OC(=O)CCCCCCCCCCCCCCC)OC(=O)CCCCCCCCCCCCCCCCC. The van der Waals surface area contributed by atoms with Crippen molar-refractivity contribution in [1.29, 1.82) is 0 Å². The molecule has 0 aliphatic rings. The first kappa shape index (κ1) is 93.5. The van der Waals surface area contributed by atoms with Gasteiger partial charge in [0.05, 0.1) is 26.4 Å². The second-order valence-electron chi connectivity index (χ2n) is 27.0. The molecule has 0 aromatic rings. The molecule has 0 saturated heterocycles. The van der Waals surface area contributed by atoms with Crippen molar-refractivity contribution in [3.05, 3.63) is 24.3 Å². The minimum atomic E-state index is -4.96. The lowest BCUT2D eigenvalue weighted by atomic mass is 10.0. The van der Waals surface area contributed by atoms with Crippen molar-refractivity contribution in [2.24, 2.45) is 0 Å². The van der Waals surface area contributed by atoms with Gasteiger partial charge in [0.2, 0.25) is 0 Å². The van der Waals surface area contributed by atoms with E-state index in [1.165, 1.54) is 193 Å². The van der Waals surface area contributed by atoms with Gasteiger partial charge in [0.1, 0.15) is 19.3 Å². The van der Waals surface area contributed by atoms with E-state index in [9.17, 15) is 43.2 Å². The number of aliphatic hydroxyl groups is 1. The van der Waals surface area contributed by atoms with Crippen LogP contribution in [0.4, 0.5) is 0 Å². The van der Waals surface area contributed by atoms with Gasteiger partial charge in [-0.2, -0.15) is 0 Å². The summed E-state index contributed by atoms with van der Waals surface area (Å²) in [5.41, 5.74) is 0. The molecule has 0 spiro atoms. The molecule has 0 amide bonds. The van der Waals surface area contributed by atoms with E-state index in [-0.39, 0.29) is 25.7 Å². The molecule has 0 aliphatic heterocycles. The summed E-state index contributed by atoms with van der Waals surface area (Å²) in [6.45, 7) is 4.94. The van der Waals surface area contributed by atoms with Crippen molar-refractivity contribution in [2.45, 2.75) is 406 Å². The van der Waals surface area contributed by atoms with Gasteiger partial charge in [-0.25, -0.2) is 9.13 Å². The molecule has 17 nitrogen and oxygen atoms in total. The predicted molar refractivity (Wildman–Crippen MR) is 391 cm³/mol. The van der Waals surface area contributed by atoms with E-state index >= 15 is 0 Å². The highest BCUT2D eigenvalue weighted by Crippen LogP contribution is 2.45. The van der Waals surface area contributed by atoms with Crippen LogP contribution in [0.1, 0.15) is 387 Å². The Labute approximate surface area is 586 Å². The number of carbonyl (C=O) groups excluding carboxylic acids is 4. The molecule has 0 radical (unpaired) electrons. The van der Waals surface area contributed by atoms with Gasteiger partial charge < -0.3 is 33.8 Å². The summed E-state index contributed by atoms with van der Waals surface area (Å²) >= 11 is 0. The summed E-state index contributed by atoms with van der Waals surface area (Å²) in [7, 11) is -9.92. The Balaban J connectivity index is 5.29. The van der Waals surface area contributed by atoms with Crippen molar-refractivity contribution in [3.63, 3.8) is 0 Å². The maximum atomic E-state index is 13.1. The van der Waals surface area contributed by atoms with Gasteiger partial charge in [-0.1, -0.05) is 328 Å². The molecule has 5 atom stereocenters. The van der Waals surface area contributed by atoms with Gasteiger partial charge >= 0.3 is 39.5 Å². The standard InChI is InChI=1S/C77H146O17P2/c1-5-9-13-17-21-25-29-33-35-39-42-46-50-54-58-62-75(80)88-68-73(94-77(82)64-60-56-52-48-44-40-36-34-30-26-22-18-14-10-6-2)70-92-96(85,86)90-66-71(78)65-89-95(83,84)91-69-72(93-76(81)63-59-55-51-47-43-38-32-28-24-20-16-12-8-4)67-87-74(79)61-57-53-49-45-41-37-31-27-23-19-15-11-7-3/h21,25,33,35,71-73,78H,5-20,22-24,26-32,34,36-70H2,1-4H3,(H,83,84)(H,85,86)/b25-21-,35-33-. The van der Waals surface area contributed by atoms with Crippen LogP contribution in [0.3, 0.4) is 0 Å². The number of allylic oxidation sites excluding steroid dienone is 4. The van der Waals surface area contributed by atoms with Gasteiger partial charge in [-0.3, -0.25) is 37.3 Å². The smallest absolute Gasteiger partial charge is 0.462 e. The van der Waals surface area contributed by atoms with Crippen LogP contribution in [-0.2, 0) is 65.4 Å². The van der Waals surface area contributed by atoms with Gasteiger partial charge in [-0.05, 0) is 57.8 Å². The molecule has 0 bridgehead atoms. The molecule has 0 aromatic carbocycles. The van der Waals surface area contributed by atoms with E-state index in [1.807, 2.05) is 0 Å². The molecule has 0 saturated carbocycles. The second kappa shape index (κ2) is 71.0. The number of hydrogen-bond acceptors (Lipinski definition) is 15. The Bertz CT molecular complexity index is 1920. The molecule has 19 heteroatoms. The van der Waals surface area contributed by atoms with Crippen LogP contribution in [0.5, 0.6) is 0 Å². The van der Waals surface area contributed by atoms with E-state index in [0.717, 1.165) is 116 Å². The van der Waals surface area contributed by atoms with Crippen LogP contribution >= 0.6 is 15.6 Å². The molecule has 3 N–H and O–H groups in total. The number of phosphoric ester groups is 2. The molecular formula is C77H146O17P2. The fourth-order valence-electron chi connectivity index (χ4n) is 11.4. The van der Waals surface area contributed by atoms with E-state index in [4.69, 9.17) is 37.0 Å². The van der Waals surface area contributed by atoms with Crippen LogP contribution in [0, 0.1) is 0 Å². The number of esters is 4. The van der Waals surface area contributed by atoms with Crippen molar-refractivity contribution < 1.29 is 80.2 Å². The average molecular weight is 1410 g/mol. The lowest BCUT2D eigenvalue weighted by Crippen LogP contribution is -2.30. The van der Waals surface area contributed by atoms with Gasteiger partial charge in [-0.15, -0.1) is 0 Å². The van der Waals surface area contributed by atoms with E-state index < -0.39 is 97.5 Å². The van der Waals surface area contributed by atoms with E-state index in [2.05, 4.69) is 52.0 Å². The van der Waals surface area contributed by atoms with E-state index in [0.29, 0.717) is 25.7 Å². The van der Waals surface area contributed by atoms with Crippen LogP contribution in [0.2, 0.25) is 0 Å². The number of aliphatic hydroxyl groups excluding tert-OH is 1. The third-order valence-corrected chi connectivity index (χ3v) is 19.4. The lowest BCUT2D eigenvalue weighted by Gasteiger charge is -2.21. The first-order chi connectivity index (χ1) is 46.7. The Morgan fingerprint density at radius 2 is 0.510 bits per heavy atom. The molecule has 96 heavy (non-hydrogen) atoms. The van der Waals surface area contributed by atoms with Crippen LogP contribution in [-0.4, -0.2) is 96.7 Å². The van der Waals surface area contributed by atoms with E-state index in [1.54, 1.807) is 0 Å².